The predicted octanol–water partition coefficient (Wildman–Crippen LogP) is 5.20. The van der Waals surface area contributed by atoms with Gasteiger partial charge in [-0.25, -0.2) is 4.90 Å². The molecule has 0 fully saturated rings. The molecule has 0 saturated carbocycles. The second kappa shape index (κ2) is 9.10. The molecule has 0 radical (unpaired) electrons. The number of benzene rings is 3. The van der Waals surface area contributed by atoms with E-state index >= 15 is 0 Å². The molecule has 32 heavy (non-hydrogen) atoms. The van der Waals surface area contributed by atoms with Crippen LogP contribution < -0.4 is 14.5 Å². The highest BCUT2D eigenvalue weighted by atomic mass is 16.5. The van der Waals surface area contributed by atoms with Crippen molar-refractivity contribution in [3.8, 4) is 5.75 Å². The van der Waals surface area contributed by atoms with Gasteiger partial charge in [-0.05, 0) is 43.2 Å². The third-order valence-corrected chi connectivity index (χ3v) is 5.43. The van der Waals surface area contributed by atoms with Gasteiger partial charge in [0.05, 0.1) is 17.9 Å². The van der Waals surface area contributed by atoms with E-state index in [0.717, 1.165) is 17.7 Å². The summed E-state index contributed by atoms with van der Waals surface area (Å²) in [7, 11) is 1.81. The van der Waals surface area contributed by atoms with Gasteiger partial charge in [-0.15, -0.1) is 0 Å². The summed E-state index contributed by atoms with van der Waals surface area (Å²) in [6.07, 6.45) is 0.872. The number of hydrogen-bond donors (Lipinski definition) is 0. The molecule has 5 heteroatoms. The lowest BCUT2D eigenvalue weighted by molar-refractivity contribution is -0.120. The molecule has 0 aliphatic carbocycles. The summed E-state index contributed by atoms with van der Waals surface area (Å²) >= 11 is 0. The zero-order valence-corrected chi connectivity index (χ0v) is 18.5. The Morgan fingerprint density at radius 2 is 1.59 bits per heavy atom. The van der Waals surface area contributed by atoms with Crippen LogP contribution in [0.3, 0.4) is 0 Å². The summed E-state index contributed by atoms with van der Waals surface area (Å²) in [5.41, 5.74) is 3.87. The van der Waals surface area contributed by atoms with Crippen molar-refractivity contribution in [3.05, 3.63) is 95.7 Å². The number of imide groups is 1. The number of carbonyl (C=O) groups excluding carboxylic acids is 2. The maximum absolute atomic E-state index is 13.7. The average Bonchev–Trinajstić information content (AvgIpc) is 3.08. The lowest BCUT2D eigenvalue weighted by Gasteiger charge is -2.21. The quantitative estimate of drug-likeness (QED) is 0.487. The molecule has 2 amide bonds. The number of aryl methyl sites for hydroxylation is 1. The summed E-state index contributed by atoms with van der Waals surface area (Å²) in [6, 6.07) is 24.4. The Bertz CT molecular complexity index is 1170. The van der Waals surface area contributed by atoms with Crippen LogP contribution in [0.15, 0.2) is 84.6 Å². The van der Waals surface area contributed by atoms with Crippen molar-refractivity contribution < 1.29 is 14.3 Å². The number of anilines is 2. The highest BCUT2D eigenvalue weighted by molar-refractivity contribution is 6.46. The van der Waals surface area contributed by atoms with Gasteiger partial charge >= 0.3 is 0 Å². The molecule has 1 aliphatic heterocycles. The Balaban J connectivity index is 1.81. The Hall–Kier alpha value is -3.86. The third-order valence-electron chi connectivity index (χ3n) is 5.43. The van der Waals surface area contributed by atoms with Crippen LogP contribution >= 0.6 is 0 Å². The van der Waals surface area contributed by atoms with Crippen LogP contribution in [0, 0.1) is 6.92 Å². The molecule has 1 heterocycles. The van der Waals surface area contributed by atoms with E-state index in [4.69, 9.17) is 4.74 Å². The van der Waals surface area contributed by atoms with E-state index in [1.54, 1.807) is 23.1 Å². The molecule has 0 bridgehead atoms. The van der Waals surface area contributed by atoms with Crippen LogP contribution in [-0.2, 0) is 9.59 Å². The lowest BCUT2D eigenvalue weighted by Crippen LogP contribution is -2.34. The summed E-state index contributed by atoms with van der Waals surface area (Å²) in [5.74, 6) is -0.0689. The fourth-order valence-electron chi connectivity index (χ4n) is 3.76. The number of hydrogen-bond acceptors (Lipinski definition) is 4. The van der Waals surface area contributed by atoms with E-state index in [1.165, 1.54) is 4.90 Å². The van der Waals surface area contributed by atoms with Gasteiger partial charge in [0.1, 0.15) is 11.4 Å². The largest absolute Gasteiger partial charge is 0.494 e. The molecule has 4 rings (SSSR count). The van der Waals surface area contributed by atoms with E-state index in [9.17, 15) is 9.59 Å². The van der Waals surface area contributed by atoms with E-state index in [2.05, 4.69) is 0 Å². The first-order valence-electron chi connectivity index (χ1n) is 10.7. The minimum atomic E-state index is -0.357. The van der Waals surface area contributed by atoms with Crippen LogP contribution in [-0.4, -0.2) is 25.5 Å². The minimum Gasteiger partial charge on any atom is -0.494 e. The van der Waals surface area contributed by atoms with Gasteiger partial charge in [0, 0.05) is 18.8 Å². The van der Waals surface area contributed by atoms with Gasteiger partial charge < -0.3 is 9.64 Å². The summed E-state index contributed by atoms with van der Waals surface area (Å²) in [5, 5.41) is 0. The molecule has 1 aliphatic rings. The van der Waals surface area contributed by atoms with Crippen molar-refractivity contribution >= 4 is 28.8 Å². The maximum atomic E-state index is 13.7. The van der Waals surface area contributed by atoms with Gasteiger partial charge in [0.2, 0.25) is 0 Å². The van der Waals surface area contributed by atoms with Crippen LogP contribution in [0.25, 0.3) is 5.57 Å². The topological polar surface area (TPSA) is 49.9 Å². The molecular weight excluding hydrogens is 400 g/mol. The number of nitrogens with zero attached hydrogens (tertiary/aromatic N) is 2. The first-order chi connectivity index (χ1) is 15.5. The van der Waals surface area contributed by atoms with E-state index in [1.807, 2.05) is 81.6 Å². The first-order valence-corrected chi connectivity index (χ1v) is 10.7. The fraction of sp³-hybridized carbons (Fsp3) is 0.185. The van der Waals surface area contributed by atoms with Gasteiger partial charge in [-0.2, -0.15) is 0 Å². The summed E-state index contributed by atoms with van der Waals surface area (Å²) in [4.78, 5) is 30.3. The van der Waals surface area contributed by atoms with Crippen LogP contribution in [0.2, 0.25) is 0 Å². The number of likely N-dealkylation sites (N-methyl/N-ethyl adjacent to an activating group) is 1. The van der Waals surface area contributed by atoms with Crippen molar-refractivity contribution in [3.63, 3.8) is 0 Å². The number of amides is 2. The fourth-order valence-corrected chi connectivity index (χ4v) is 3.76. The predicted molar refractivity (Wildman–Crippen MR) is 128 cm³/mol. The van der Waals surface area contributed by atoms with Gasteiger partial charge in [0.25, 0.3) is 11.8 Å². The Kier molecular flexibility index (Phi) is 6.08. The van der Waals surface area contributed by atoms with E-state index in [-0.39, 0.29) is 11.8 Å². The SMILES string of the molecule is CCCOc1cccc(N2C(=O)C(c3ccc(C)cc3)=C(N(C)c3ccccc3)C2=O)c1. The van der Waals surface area contributed by atoms with E-state index in [0.29, 0.717) is 34.9 Å². The molecule has 0 spiro atoms. The van der Waals surface area contributed by atoms with Crippen LogP contribution in [0.4, 0.5) is 11.4 Å². The Morgan fingerprint density at radius 1 is 0.875 bits per heavy atom. The second-order valence-corrected chi connectivity index (χ2v) is 7.78. The monoisotopic (exact) mass is 426 g/mol. The Morgan fingerprint density at radius 3 is 2.28 bits per heavy atom. The highest BCUT2D eigenvalue weighted by Crippen LogP contribution is 2.37. The van der Waals surface area contributed by atoms with Crippen molar-refractivity contribution in [2.45, 2.75) is 20.3 Å². The number of para-hydroxylation sites is 1. The zero-order valence-electron chi connectivity index (χ0n) is 18.5. The molecule has 162 valence electrons. The molecule has 3 aromatic rings. The van der Waals surface area contributed by atoms with Crippen molar-refractivity contribution in [1.29, 1.82) is 0 Å². The smallest absolute Gasteiger partial charge is 0.282 e. The zero-order chi connectivity index (χ0) is 22.7. The minimum absolute atomic E-state index is 0.343. The Labute approximate surface area is 188 Å². The van der Waals surface area contributed by atoms with Crippen molar-refractivity contribution in [2.24, 2.45) is 0 Å². The summed E-state index contributed by atoms with van der Waals surface area (Å²) in [6.45, 7) is 4.59. The molecule has 0 saturated heterocycles. The van der Waals surface area contributed by atoms with E-state index < -0.39 is 0 Å². The maximum Gasteiger partial charge on any atom is 0.282 e. The van der Waals surface area contributed by atoms with Crippen LogP contribution in [0.5, 0.6) is 5.75 Å². The lowest BCUT2D eigenvalue weighted by atomic mass is 10.0. The van der Waals surface area contributed by atoms with Gasteiger partial charge in [-0.1, -0.05) is 61.0 Å². The van der Waals surface area contributed by atoms with Gasteiger partial charge in [0.15, 0.2) is 0 Å². The van der Waals surface area contributed by atoms with Crippen LogP contribution in [0.1, 0.15) is 24.5 Å². The molecule has 0 unspecified atom stereocenters. The molecule has 3 aromatic carbocycles. The number of carbonyl (C=O) groups is 2. The van der Waals surface area contributed by atoms with Crippen molar-refractivity contribution in [2.75, 3.05) is 23.5 Å². The normalized spacial score (nSPS) is 13.7. The molecule has 5 nitrogen and oxygen atoms in total. The second-order valence-electron chi connectivity index (χ2n) is 7.78. The number of rotatable bonds is 7. The third kappa shape index (κ3) is 4.02. The molecule has 0 N–H and O–H groups in total. The summed E-state index contributed by atoms with van der Waals surface area (Å²) < 4.78 is 5.72. The molecular formula is C27H26N2O3. The average molecular weight is 427 g/mol. The van der Waals surface area contributed by atoms with Gasteiger partial charge in [-0.3, -0.25) is 9.59 Å². The first kappa shape index (κ1) is 21.4. The molecule has 0 aromatic heterocycles. The standard InChI is InChI=1S/C27H26N2O3/c1-4-17-32-23-12-8-11-22(18-23)29-26(30)24(20-15-13-19(2)14-16-20)25(27(29)31)28(3)21-9-6-5-7-10-21/h5-16,18H,4,17H2,1-3H3. The number of ether oxygens (including phenoxy) is 1. The highest BCUT2D eigenvalue weighted by Gasteiger charge is 2.42. The van der Waals surface area contributed by atoms with Crippen molar-refractivity contribution in [1.82, 2.24) is 0 Å². The molecule has 0 atom stereocenters.